The van der Waals surface area contributed by atoms with E-state index in [-0.39, 0.29) is 10.9 Å². The van der Waals surface area contributed by atoms with Crippen LogP contribution in [0, 0.1) is 18.6 Å². The van der Waals surface area contributed by atoms with Crippen LogP contribution in [-0.4, -0.2) is 20.6 Å². The third kappa shape index (κ3) is 3.23. The minimum absolute atomic E-state index is 0.132. The molecule has 0 aliphatic carbocycles. The molecule has 0 bridgehead atoms. The first-order valence-corrected chi connectivity index (χ1v) is 8.91. The summed E-state index contributed by atoms with van der Waals surface area (Å²) in [7, 11) is 1.92. The van der Waals surface area contributed by atoms with Gasteiger partial charge in [-0.2, -0.15) is 4.99 Å². The molecule has 0 spiro atoms. The van der Waals surface area contributed by atoms with Crippen molar-refractivity contribution in [1.29, 1.82) is 0 Å². The molecule has 136 valence electrons. The second-order valence-electron chi connectivity index (χ2n) is 6.02. The van der Waals surface area contributed by atoms with Gasteiger partial charge in [-0.05, 0) is 54.6 Å². The second kappa shape index (κ2) is 6.62. The Kier molecular flexibility index (Phi) is 4.27. The number of nitrogens with zero attached hydrogens (tertiary/aromatic N) is 3. The maximum absolute atomic E-state index is 13.8. The van der Waals surface area contributed by atoms with E-state index in [1.165, 1.54) is 6.07 Å². The molecule has 0 saturated carbocycles. The topological polar surface area (TPSA) is 59.3 Å². The zero-order valence-corrected chi connectivity index (χ0v) is 15.3. The van der Waals surface area contributed by atoms with Crippen molar-refractivity contribution in [2.45, 2.75) is 6.92 Å². The van der Waals surface area contributed by atoms with E-state index in [0.717, 1.165) is 46.3 Å². The van der Waals surface area contributed by atoms with Gasteiger partial charge in [0.1, 0.15) is 23.1 Å². The molecule has 2 aromatic carbocycles. The molecule has 5 nitrogen and oxygen atoms in total. The normalized spacial score (nSPS) is 15.6. The van der Waals surface area contributed by atoms with Gasteiger partial charge >= 0.3 is 0 Å². The number of para-hydroxylation sites is 1. The molecule has 1 aliphatic rings. The lowest BCUT2D eigenvalue weighted by molar-refractivity contribution is -0.113. The van der Waals surface area contributed by atoms with Crippen molar-refractivity contribution in [2.75, 3.05) is 5.32 Å². The number of amides is 1. The zero-order valence-electron chi connectivity index (χ0n) is 14.5. The molecule has 0 atom stereocenters. The van der Waals surface area contributed by atoms with Gasteiger partial charge in [0.05, 0.1) is 15.9 Å². The van der Waals surface area contributed by atoms with E-state index in [1.54, 1.807) is 6.08 Å². The maximum Gasteiger partial charge on any atom is 0.286 e. The highest BCUT2D eigenvalue weighted by atomic mass is 32.2. The lowest BCUT2D eigenvalue weighted by atomic mass is 10.2. The summed E-state index contributed by atoms with van der Waals surface area (Å²) in [4.78, 5) is 20.8. The molecule has 2 heterocycles. The van der Waals surface area contributed by atoms with E-state index in [1.807, 2.05) is 36.7 Å². The number of aryl methyl sites for hydroxylation is 2. The fourth-order valence-corrected chi connectivity index (χ4v) is 3.57. The lowest BCUT2D eigenvalue weighted by Gasteiger charge is -2.06. The van der Waals surface area contributed by atoms with Crippen molar-refractivity contribution in [3.63, 3.8) is 0 Å². The van der Waals surface area contributed by atoms with E-state index in [0.29, 0.717) is 4.91 Å². The summed E-state index contributed by atoms with van der Waals surface area (Å²) in [5.74, 6) is -1.07. The second-order valence-corrected chi connectivity index (χ2v) is 7.05. The summed E-state index contributed by atoms with van der Waals surface area (Å²) < 4.78 is 29.5. The van der Waals surface area contributed by atoms with E-state index in [2.05, 4.69) is 15.3 Å². The van der Waals surface area contributed by atoms with Crippen LogP contribution in [0.25, 0.3) is 17.1 Å². The Labute approximate surface area is 157 Å². The first kappa shape index (κ1) is 17.4. The minimum Gasteiger partial charge on any atom is -0.331 e. The number of carbonyl (C=O) groups is 1. The molecule has 1 aliphatic heterocycles. The molecular weight excluding hydrogens is 370 g/mol. The lowest BCUT2D eigenvalue weighted by Crippen LogP contribution is -2.08. The number of carbonyl (C=O) groups excluding carboxylic acids is 1. The molecule has 0 saturated heterocycles. The largest absolute Gasteiger partial charge is 0.331 e. The van der Waals surface area contributed by atoms with Crippen LogP contribution < -0.4 is 5.32 Å². The first-order chi connectivity index (χ1) is 12.9. The van der Waals surface area contributed by atoms with E-state index in [4.69, 9.17) is 0 Å². The van der Waals surface area contributed by atoms with Crippen LogP contribution in [0.2, 0.25) is 0 Å². The number of aromatic nitrogens is 2. The Morgan fingerprint density at radius 2 is 1.93 bits per heavy atom. The number of amidine groups is 1. The van der Waals surface area contributed by atoms with E-state index < -0.39 is 17.5 Å². The Morgan fingerprint density at radius 1 is 1.19 bits per heavy atom. The number of fused-ring (bicyclic) bond motifs is 1. The predicted octanol–water partition coefficient (Wildman–Crippen LogP) is 4.24. The molecule has 8 heteroatoms. The standard InChI is InChI=1S/C19H14F2N4OS/c1-10-22-14-7-6-11(8-15(14)25(10)2)9-16-18(26)24-19(27-16)23-17-12(20)4-3-5-13(17)21/h3-9H,1-2H3,(H,23,24,26). The average molecular weight is 384 g/mol. The maximum atomic E-state index is 13.8. The van der Waals surface area contributed by atoms with Gasteiger partial charge in [0.2, 0.25) is 0 Å². The van der Waals surface area contributed by atoms with Crippen molar-refractivity contribution >= 4 is 45.6 Å². The molecule has 1 amide bonds. The van der Waals surface area contributed by atoms with Crippen molar-refractivity contribution in [3.05, 3.63) is 64.3 Å². The molecule has 1 N–H and O–H groups in total. The number of anilines is 1. The van der Waals surface area contributed by atoms with Crippen LogP contribution in [0.3, 0.4) is 0 Å². The summed E-state index contributed by atoms with van der Waals surface area (Å²) in [5, 5.41) is 2.68. The number of hydrogen-bond acceptors (Lipinski definition) is 4. The number of rotatable bonds is 2. The van der Waals surface area contributed by atoms with Gasteiger partial charge in [-0.15, -0.1) is 0 Å². The van der Waals surface area contributed by atoms with Crippen LogP contribution in [0.5, 0.6) is 0 Å². The molecule has 1 aromatic heterocycles. The molecule has 0 fully saturated rings. The summed E-state index contributed by atoms with van der Waals surface area (Å²) in [5.41, 5.74) is 2.31. The van der Waals surface area contributed by atoms with Gasteiger partial charge < -0.3 is 9.88 Å². The Hall–Kier alpha value is -3.00. The monoisotopic (exact) mass is 384 g/mol. The summed E-state index contributed by atoms with van der Waals surface area (Å²) >= 11 is 1.04. The summed E-state index contributed by atoms with van der Waals surface area (Å²) in [6.07, 6.45) is 1.70. The van der Waals surface area contributed by atoms with Gasteiger partial charge in [-0.3, -0.25) is 4.79 Å². The predicted molar refractivity (Wildman–Crippen MR) is 103 cm³/mol. The van der Waals surface area contributed by atoms with Gasteiger partial charge in [-0.1, -0.05) is 12.1 Å². The number of nitrogens with one attached hydrogen (secondary N) is 1. The fourth-order valence-electron chi connectivity index (χ4n) is 2.76. The average Bonchev–Trinajstić information content (AvgIpc) is 3.11. The van der Waals surface area contributed by atoms with Crippen LogP contribution in [0.15, 0.2) is 46.3 Å². The van der Waals surface area contributed by atoms with Crippen molar-refractivity contribution < 1.29 is 13.6 Å². The minimum atomic E-state index is -0.750. The fraction of sp³-hybridized carbons (Fsp3) is 0.105. The number of hydrogen-bond donors (Lipinski definition) is 1. The zero-order chi connectivity index (χ0) is 19.1. The number of thioether (sulfide) groups is 1. The third-order valence-electron chi connectivity index (χ3n) is 4.24. The Morgan fingerprint density at radius 3 is 2.67 bits per heavy atom. The van der Waals surface area contributed by atoms with Crippen molar-refractivity contribution in [3.8, 4) is 0 Å². The molecule has 0 unspecified atom stereocenters. The van der Waals surface area contributed by atoms with Crippen LogP contribution in [0.4, 0.5) is 14.5 Å². The number of halogens is 2. The number of aliphatic imine (C=N–C) groups is 1. The van der Waals surface area contributed by atoms with Gasteiger partial charge in [-0.25, -0.2) is 13.8 Å². The first-order valence-electron chi connectivity index (χ1n) is 8.09. The quantitative estimate of drug-likeness (QED) is 0.672. The Bertz CT molecular complexity index is 1130. The highest BCUT2D eigenvalue weighted by Gasteiger charge is 2.23. The molecule has 4 rings (SSSR count). The highest BCUT2D eigenvalue weighted by molar-refractivity contribution is 8.18. The molecule has 0 radical (unpaired) electrons. The van der Waals surface area contributed by atoms with Crippen molar-refractivity contribution in [2.24, 2.45) is 12.0 Å². The summed E-state index contributed by atoms with van der Waals surface area (Å²) in [6.45, 7) is 1.92. The van der Waals surface area contributed by atoms with E-state index in [9.17, 15) is 13.6 Å². The highest BCUT2D eigenvalue weighted by Crippen LogP contribution is 2.31. The van der Waals surface area contributed by atoms with E-state index >= 15 is 0 Å². The molecule has 3 aromatic rings. The molecular formula is C19H14F2N4OS. The number of imidazole rings is 1. The van der Waals surface area contributed by atoms with Crippen molar-refractivity contribution in [1.82, 2.24) is 9.55 Å². The Balaban J connectivity index is 1.59. The van der Waals surface area contributed by atoms with Gasteiger partial charge in [0, 0.05) is 7.05 Å². The third-order valence-corrected chi connectivity index (χ3v) is 5.14. The number of benzene rings is 2. The SMILES string of the molecule is Cc1nc2ccc(C=C3SC(Nc4c(F)cccc4F)=NC3=O)cc2n1C. The van der Waals surface area contributed by atoms with Crippen LogP contribution >= 0.6 is 11.8 Å². The molecule has 27 heavy (non-hydrogen) atoms. The van der Waals surface area contributed by atoms with Gasteiger partial charge in [0.15, 0.2) is 5.17 Å². The smallest absolute Gasteiger partial charge is 0.286 e. The van der Waals surface area contributed by atoms with Crippen LogP contribution in [-0.2, 0) is 11.8 Å². The van der Waals surface area contributed by atoms with Gasteiger partial charge in [0.25, 0.3) is 5.91 Å². The van der Waals surface area contributed by atoms with Crippen LogP contribution in [0.1, 0.15) is 11.4 Å². The summed E-state index contributed by atoms with van der Waals surface area (Å²) in [6, 6.07) is 9.21.